The van der Waals surface area contributed by atoms with Gasteiger partial charge in [0.1, 0.15) is 0 Å². The molecule has 0 aliphatic carbocycles. The minimum absolute atomic E-state index is 0.0260. The first-order valence-electron chi connectivity index (χ1n) is 44.9. The molecule has 20 nitrogen and oxygen atoms in total. The van der Waals surface area contributed by atoms with Gasteiger partial charge in [0.2, 0.25) is 6.54 Å². The van der Waals surface area contributed by atoms with Gasteiger partial charge in [-0.3, -0.25) is 18.7 Å². The van der Waals surface area contributed by atoms with Crippen LogP contribution in [-0.2, 0) is 37.4 Å². The Morgan fingerprint density at radius 1 is 0.401 bits per heavy atom. The first-order chi connectivity index (χ1) is 69.0. The van der Waals surface area contributed by atoms with E-state index >= 15 is 0 Å². The fraction of sp³-hybridized carbons (Fsp3) is 0.159. The number of hydrogen-bond acceptors (Lipinski definition) is 23. The Bertz CT molecular complexity index is 6340. The molecule has 0 radical (unpaired) electrons. The second kappa shape index (κ2) is 56.9. The number of benzene rings is 14. The maximum absolute atomic E-state index is 11.7. The van der Waals surface area contributed by atoms with E-state index in [4.69, 9.17) is 63.6 Å². The zero-order valence-electron chi connectivity index (χ0n) is 76.7. The Morgan fingerprint density at radius 3 is 0.852 bits per heavy atom. The number of carboxylic acid groups (broad SMARTS) is 1. The van der Waals surface area contributed by atoms with Crippen LogP contribution >= 0.6 is 179 Å². The van der Waals surface area contributed by atoms with Gasteiger partial charge in [0.25, 0.3) is 0 Å². The number of rotatable bonds is 22. The van der Waals surface area contributed by atoms with Gasteiger partial charge >= 0.3 is 90.7 Å². The van der Waals surface area contributed by atoms with Gasteiger partial charge < -0.3 is 68.8 Å². The zero-order chi connectivity index (χ0) is 100. The Hall–Kier alpha value is -8.60. The molecule has 730 valence electrons. The van der Waals surface area contributed by atoms with E-state index in [1.165, 1.54) is 120 Å². The minimum atomic E-state index is -4.39. The van der Waals surface area contributed by atoms with Gasteiger partial charge in [0.05, 0.1) is 125 Å². The number of aliphatic hydroxyl groups is 1. The van der Waals surface area contributed by atoms with Crippen molar-refractivity contribution in [2.75, 3.05) is 107 Å². The van der Waals surface area contributed by atoms with E-state index in [1.54, 1.807) is 64.9 Å². The number of nitrogens with one attached hydrogen (secondary N) is 1. The SMILES string of the molecule is C=CC#N.CCOC(=O)CCN1c2ccccc2Sc2ccccc21.O=C(O)CCN1c2ccccc2Sc2ccccc21.O=P(Cl)(Cl)OCCCN1c2ccccc2Sc2ccccc21.O=P(O)(O)OCCCN1c2ccccc2Sc2ccccc21.OCCCN1c2ccccc2Sc2ccccc21.[C-]#[N+]CCN1c2ccccc2Sc2ccccc21.[I][V]([I])[I].c1ccc2c(c1)Nc1ccccc1S2. The van der Waals surface area contributed by atoms with E-state index in [2.05, 4.69) is 341 Å². The number of phosphoric ester groups is 1. The number of nitrogens with zero attached hydrogens (tertiary/aromatic N) is 8. The number of aliphatic carboxylic acids is 1. The molecular formula is C107H99Cl2I3N9O11P2S7V. The predicted molar refractivity (Wildman–Crippen MR) is 611 cm³/mol. The molecule has 5 N–H and O–H groups in total. The van der Waals surface area contributed by atoms with Crippen molar-refractivity contribution < 1.29 is 57.4 Å². The fourth-order valence-electron chi connectivity index (χ4n) is 15.5. The number of carboxylic acids is 1. The third-order valence-corrected chi connectivity index (χ3v) is 31.0. The number of esters is 1. The molecule has 7 heterocycles. The molecule has 14 aromatic carbocycles. The summed E-state index contributed by atoms with van der Waals surface area (Å²) in [7, 11) is -4.39. The molecule has 0 spiro atoms. The maximum Gasteiger partial charge on any atom is 0.0526 e. The van der Waals surface area contributed by atoms with Gasteiger partial charge in [0.15, 0.2) is 0 Å². The summed E-state index contributed by atoms with van der Waals surface area (Å²) in [4.78, 5) is 73.7. The number of para-hydroxylation sites is 14. The first-order valence-corrected chi connectivity index (χ1v) is 69.1. The van der Waals surface area contributed by atoms with Crippen LogP contribution in [0.2, 0.25) is 0 Å². The molecule has 7 aliphatic rings. The van der Waals surface area contributed by atoms with Crippen LogP contribution in [0.4, 0.5) is 79.6 Å². The molecule has 0 unspecified atom stereocenters. The van der Waals surface area contributed by atoms with Crippen LogP contribution < -0.4 is 34.7 Å². The van der Waals surface area contributed by atoms with Crippen LogP contribution in [0.1, 0.15) is 39.0 Å². The largest absolute Gasteiger partial charge is 0.354 e. The van der Waals surface area contributed by atoms with Crippen molar-refractivity contribution in [3.8, 4) is 6.07 Å². The number of aliphatic hydroxyl groups excluding tert-OH is 1. The maximum atomic E-state index is 11.7. The summed E-state index contributed by atoms with van der Waals surface area (Å²) in [5.41, 5.74) is 16.4. The number of hydrogen-bond donors (Lipinski definition) is 5. The van der Waals surface area contributed by atoms with Crippen molar-refractivity contribution in [1.29, 1.82) is 5.26 Å². The normalized spacial score (nSPS) is 12.6. The van der Waals surface area contributed by atoms with E-state index in [0.29, 0.717) is 52.0 Å². The molecule has 35 heteroatoms. The van der Waals surface area contributed by atoms with Gasteiger partial charge in [-0.15, -0.1) is 0 Å². The first kappa shape index (κ1) is 111. The number of ether oxygens (including phenoxy) is 1. The Balaban J connectivity index is 0.000000138. The van der Waals surface area contributed by atoms with Crippen molar-refractivity contribution in [2.45, 2.75) is 108 Å². The number of carbonyl (C=O) groups excluding carboxylic acids is 1. The summed E-state index contributed by atoms with van der Waals surface area (Å²) in [6, 6.07) is 118. The quantitative estimate of drug-likeness (QED) is 0.0106. The Kier molecular flexibility index (Phi) is 44.3. The van der Waals surface area contributed by atoms with Gasteiger partial charge in [-0.2, -0.15) is 5.26 Å². The van der Waals surface area contributed by atoms with E-state index < -0.39 is 19.9 Å². The van der Waals surface area contributed by atoms with E-state index in [9.17, 15) is 18.7 Å². The second-order valence-electron chi connectivity index (χ2n) is 30.8. The third-order valence-electron chi connectivity index (χ3n) is 21.5. The summed E-state index contributed by atoms with van der Waals surface area (Å²) < 4.78 is 36.4. The number of halogens is 5. The predicted octanol–water partition coefficient (Wildman–Crippen LogP) is 33.2. The molecular weight excluding hydrogens is 2380 g/mol. The second-order valence-corrected chi connectivity index (χ2v) is 79.3. The molecule has 0 saturated heterocycles. The van der Waals surface area contributed by atoms with Crippen molar-refractivity contribution in [1.82, 2.24) is 0 Å². The average molecular weight is 2480 g/mol. The number of allylic oxidation sites excluding steroid dienone is 1. The summed E-state index contributed by atoms with van der Waals surface area (Å²) in [5, 5.41) is 28.9. The van der Waals surface area contributed by atoms with E-state index in [0.717, 1.165) is 60.2 Å². The van der Waals surface area contributed by atoms with Crippen molar-refractivity contribution in [3.05, 3.63) is 364 Å². The zero-order valence-corrected chi connectivity index (χ0v) is 93.6. The van der Waals surface area contributed by atoms with Crippen LogP contribution in [-0.4, -0.2) is 104 Å². The molecule has 0 bridgehead atoms. The molecule has 7 aliphatic heterocycles. The van der Waals surface area contributed by atoms with Crippen molar-refractivity contribution >= 4 is 270 Å². The van der Waals surface area contributed by atoms with Gasteiger partial charge in [0, 0.05) is 114 Å². The summed E-state index contributed by atoms with van der Waals surface area (Å²) in [5.74, 6) is -0.918. The average Bonchev–Trinajstić information content (AvgIpc) is 0.793. The molecule has 0 fully saturated rings. The summed E-state index contributed by atoms with van der Waals surface area (Å²) >= 11 is 30.6. The topological polar surface area (TPSA) is 237 Å². The van der Waals surface area contributed by atoms with Crippen LogP contribution in [0.15, 0.2) is 421 Å². The van der Waals surface area contributed by atoms with E-state index in [1.807, 2.05) is 140 Å². The monoisotopic (exact) mass is 2470 g/mol. The number of anilines is 14. The van der Waals surface area contributed by atoms with Crippen LogP contribution in [0.3, 0.4) is 0 Å². The van der Waals surface area contributed by atoms with Crippen LogP contribution in [0, 0.1) is 17.9 Å². The molecule has 0 aromatic heterocycles. The third kappa shape index (κ3) is 32.2. The fourth-order valence-corrected chi connectivity index (χ4v) is 24.2. The Labute approximate surface area is 907 Å². The van der Waals surface area contributed by atoms with Crippen LogP contribution in [0.25, 0.3) is 4.85 Å². The molecule has 0 atom stereocenters. The number of nitriles is 1. The smallest absolute Gasteiger partial charge is 0.0526 e. The van der Waals surface area contributed by atoms with Crippen molar-refractivity contribution in [3.63, 3.8) is 0 Å². The Morgan fingerprint density at radius 2 is 0.620 bits per heavy atom. The molecule has 21 rings (SSSR count). The van der Waals surface area contributed by atoms with Crippen LogP contribution in [0.5, 0.6) is 0 Å². The van der Waals surface area contributed by atoms with Gasteiger partial charge in [-0.25, -0.2) is 11.1 Å². The molecule has 0 saturated carbocycles. The number of phosphoric acid groups is 1. The summed E-state index contributed by atoms with van der Waals surface area (Å²) in [6.07, 6.45) is 0.246. The number of carbonyl (C=O) groups is 2. The van der Waals surface area contributed by atoms with E-state index in [-0.39, 0.29) is 37.1 Å². The standard InChI is InChI=1S/C17H17NO2S.C15H14Cl2NO2PS.C15H12N2S.C15H16NO4PS.C15H13NO2S.C15H15NOS.C12H9NS.C3H3N.3HI.V/c1-2-20-17(19)11-12-18-13-7-3-5-9-15(13)21-16-10-6-4-8-14(16)18;16-21(17,19)20-11-5-10-18-12-6-1-3-8-14(12)22-15-9-4-2-7-13(15)18;1-16-10-11-17-12-6-2-4-8-14(12)18-15-9-5-3-7-13(15)17;17-21(18,19)20-11-5-10-16-12-6-1-3-8-14(12)22-15-9-4-2-7-13(15)16;17-15(18)9-10-16-11-5-1-3-7-13(11)19-14-8-4-2-6-12(14)16;17-11-5-10-16-12-6-1-3-8-14(12)18-15-9-4-2-7-13(15)16;1-3-7-11-9(5-1)13-10-6-2-4-8-12(10)14-11;1-2-3-4;;;;/h3-10H,2,11-12H2,1H3;1-4,6-9H,5,10-11H2;2-9H,10-11H2;1-4,6-9H,5,10-11H2,(H2,17,18,19);1-8H,9-10H2,(H,17,18);1-4,6-9,17H,5,10-11H2;1-8,13H;2H,1H2;3*1H;/q;;;;;;;;;;;+3/p-3. The molecule has 0 amide bonds. The molecule has 142 heavy (non-hydrogen) atoms. The number of fused-ring (bicyclic) bond motifs is 14. The molecule has 14 aromatic rings. The van der Waals surface area contributed by atoms with Gasteiger partial charge in [-0.1, -0.05) is 259 Å². The minimum Gasteiger partial charge on any atom is -0.354 e. The van der Waals surface area contributed by atoms with Gasteiger partial charge in [-0.05, 0) is 219 Å². The van der Waals surface area contributed by atoms with Crippen molar-refractivity contribution in [2.24, 2.45) is 0 Å². The summed E-state index contributed by atoms with van der Waals surface area (Å²) in [6.45, 7) is 17.5.